The average molecular weight is 662 g/mol. The van der Waals surface area contributed by atoms with Gasteiger partial charge in [0.2, 0.25) is 0 Å². The van der Waals surface area contributed by atoms with Crippen LogP contribution in [0.4, 0.5) is 4.39 Å². The van der Waals surface area contributed by atoms with Crippen LogP contribution >= 0.6 is 37.2 Å². The Labute approximate surface area is 276 Å². The summed E-state index contributed by atoms with van der Waals surface area (Å²) in [6.07, 6.45) is 8.42. The van der Waals surface area contributed by atoms with E-state index < -0.39 is 12.0 Å². The molecule has 2 fully saturated rings. The number of carboxylic acid groups (broad SMARTS) is 1. The molecule has 1 spiro atoms. The van der Waals surface area contributed by atoms with Gasteiger partial charge in [-0.2, -0.15) is 5.10 Å². The molecule has 1 aromatic heterocycles. The van der Waals surface area contributed by atoms with Gasteiger partial charge in [-0.15, -0.1) is 37.2 Å². The topological polar surface area (TPSA) is 61.6 Å². The van der Waals surface area contributed by atoms with E-state index in [-0.39, 0.29) is 66.3 Å². The second-order valence-corrected chi connectivity index (χ2v) is 12.9. The molecule has 1 aliphatic heterocycles. The number of rotatable bonds is 10. The van der Waals surface area contributed by atoms with Crippen molar-refractivity contribution in [2.45, 2.75) is 109 Å². The number of aromatic nitrogens is 2. The van der Waals surface area contributed by atoms with Gasteiger partial charge in [-0.1, -0.05) is 39.3 Å². The van der Waals surface area contributed by atoms with E-state index in [1.807, 2.05) is 20.0 Å². The van der Waals surface area contributed by atoms with Crippen molar-refractivity contribution in [3.05, 3.63) is 52.6 Å². The van der Waals surface area contributed by atoms with E-state index in [2.05, 4.69) is 41.3 Å². The molecule has 0 amide bonds. The monoisotopic (exact) mass is 660 g/mol. The molecule has 2 aliphatic carbocycles. The van der Waals surface area contributed by atoms with Gasteiger partial charge in [-0.05, 0) is 113 Å². The molecule has 0 bridgehead atoms. The summed E-state index contributed by atoms with van der Waals surface area (Å²) in [7, 11) is 1.99. The number of halogens is 4. The molecule has 1 saturated heterocycles. The van der Waals surface area contributed by atoms with Crippen molar-refractivity contribution >= 4 is 43.2 Å². The summed E-state index contributed by atoms with van der Waals surface area (Å²) in [4.78, 5) is 17.0. The number of fused-ring (bicyclic) bond motifs is 2. The number of aliphatic carboxylic acids is 1. The minimum absolute atomic E-state index is 0. The third kappa shape index (κ3) is 7.38. The van der Waals surface area contributed by atoms with Crippen LogP contribution in [0.2, 0.25) is 0 Å². The second kappa shape index (κ2) is 15.8. The van der Waals surface area contributed by atoms with Crippen molar-refractivity contribution in [3.63, 3.8) is 0 Å². The molecule has 43 heavy (non-hydrogen) atoms. The molecule has 3 aliphatic rings. The van der Waals surface area contributed by atoms with Crippen molar-refractivity contribution in [1.82, 2.24) is 19.6 Å². The highest BCUT2D eigenvalue weighted by atomic mass is 35.5. The van der Waals surface area contributed by atoms with Crippen molar-refractivity contribution in [2.75, 3.05) is 26.7 Å². The van der Waals surface area contributed by atoms with E-state index in [0.717, 1.165) is 63.8 Å². The lowest BCUT2D eigenvalue weighted by atomic mass is 9.75. The van der Waals surface area contributed by atoms with Gasteiger partial charge < -0.3 is 10.0 Å². The van der Waals surface area contributed by atoms with Gasteiger partial charge in [0.05, 0.1) is 5.69 Å². The molecule has 6 nitrogen and oxygen atoms in total. The van der Waals surface area contributed by atoms with E-state index in [1.165, 1.54) is 42.3 Å². The first-order valence-corrected chi connectivity index (χ1v) is 15.7. The zero-order chi connectivity index (χ0) is 28.6. The Hall–Kier alpha value is -1.38. The van der Waals surface area contributed by atoms with Crippen molar-refractivity contribution in [3.8, 4) is 0 Å². The standard InChI is InChI=1S/C33H49FN4O2.3ClH/c1-6-22(4)30(32(39)40)36(5)26-19-24(28(20-26)23-10-9-11-25(34)18-23)21-37-16-14-33(15-17-37)13-12-27-29(7-2)35-38(8-3)31(27)33;;;/h9-11,18,22,24,26,28,30H,6-8,12-17,19-21H2,1-5H3,(H,39,40);3*1H/t22-,24-,26+,28-,30-;;;/m1.../s1. The highest BCUT2D eigenvalue weighted by Crippen LogP contribution is 2.49. The van der Waals surface area contributed by atoms with Crippen molar-refractivity contribution in [1.29, 1.82) is 0 Å². The van der Waals surface area contributed by atoms with Crippen molar-refractivity contribution < 1.29 is 14.3 Å². The maximum Gasteiger partial charge on any atom is 0.321 e. The molecule has 5 atom stereocenters. The van der Waals surface area contributed by atoms with Gasteiger partial charge in [0.25, 0.3) is 0 Å². The fourth-order valence-corrected chi connectivity index (χ4v) is 8.43. The van der Waals surface area contributed by atoms with Crippen LogP contribution in [0.25, 0.3) is 0 Å². The second-order valence-electron chi connectivity index (χ2n) is 12.9. The van der Waals surface area contributed by atoms with Crippen LogP contribution in [-0.4, -0.2) is 69.4 Å². The molecule has 5 rings (SSSR count). The molecule has 2 aromatic rings. The average Bonchev–Trinajstić information content (AvgIpc) is 3.64. The maximum absolute atomic E-state index is 14.3. The lowest BCUT2D eigenvalue weighted by Gasteiger charge is -2.41. The predicted octanol–water partition coefficient (Wildman–Crippen LogP) is 7.14. The molecule has 1 N–H and O–H groups in total. The zero-order valence-electron chi connectivity index (χ0n) is 26.4. The molecule has 1 saturated carbocycles. The van der Waals surface area contributed by atoms with Gasteiger partial charge in [-0.25, -0.2) is 4.39 Å². The first-order valence-electron chi connectivity index (χ1n) is 15.7. The smallest absolute Gasteiger partial charge is 0.321 e. The summed E-state index contributed by atoms with van der Waals surface area (Å²) >= 11 is 0. The summed E-state index contributed by atoms with van der Waals surface area (Å²) in [5, 5.41) is 15.0. The van der Waals surface area contributed by atoms with E-state index >= 15 is 0 Å². The molecule has 2 heterocycles. The molecule has 0 unspecified atom stereocenters. The first kappa shape index (κ1) is 37.8. The van der Waals surface area contributed by atoms with Crippen molar-refractivity contribution in [2.24, 2.45) is 11.8 Å². The SMILES string of the molecule is CCc1nn(CC)c2c1CCC21CCN(C[C@H]2C[C@H](N(C)[C@@H](C(=O)O)[C@H](C)CC)C[C@@H]2c2cccc(F)c2)CC1.Cl.Cl.Cl. The highest BCUT2D eigenvalue weighted by Gasteiger charge is 2.47. The quantitative estimate of drug-likeness (QED) is 0.293. The summed E-state index contributed by atoms with van der Waals surface area (Å²) in [5.74, 6) is -0.239. The van der Waals surface area contributed by atoms with Gasteiger partial charge in [0.1, 0.15) is 11.9 Å². The lowest BCUT2D eigenvalue weighted by Crippen LogP contribution is -2.48. The molecule has 1 aromatic carbocycles. The Kier molecular flexibility index (Phi) is 13.9. The fourth-order valence-electron chi connectivity index (χ4n) is 8.43. The first-order chi connectivity index (χ1) is 19.2. The van der Waals surface area contributed by atoms with Crippen LogP contribution in [0, 0.1) is 17.7 Å². The largest absolute Gasteiger partial charge is 0.480 e. The van der Waals surface area contributed by atoms with Gasteiger partial charge in [-0.3, -0.25) is 14.4 Å². The zero-order valence-corrected chi connectivity index (χ0v) is 28.9. The summed E-state index contributed by atoms with van der Waals surface area (Å²) in [6.45, 7) is 12.6. The Bertz CT molecular complexity index is 1200. The molecule has 0 radical (unpaired) electrons. The van der Waals surface area contributed by atoms with Gasteiger partial charge in [0.15, 0.2) is 0 Å². The van der Waals surface area contributed by atoms with E-state index in [9.17, 15) is 14.3 Å². The van der Waals surface area contributed by atoms with E-state index in [0.29, 0.717) is 5.92 Å². The number of piperidine rings is 1. The lowest BCUT2D eigenvalue weighted by molar-refractivity contribution is -0.145. The molecule has 244 valence electrons. The molecule has 10 heteroatoms. The molecular weight excluding hydrogens is 610 g/mol. The Balaban J connectivity index is 0.00000215. The summed E-state index contributed by atoms with van der Waals surface area (Å²) in [5.41, 5.74) is 5.67. The van der Waals surface area contributed by atoms with Crippen LogP contribution < -0.4 is 0 Å². The van der Waals surface area contributed by atoms with Crippen LogP contribution in [0.1, 0.15) is 94.7 Å². The predicted molar refractivity (Wildman–Crippen MR) is 179 cm³/mol. The van der Waals surface area contributed by atoms with Crippen LogP contribution in [-0.2, 0) is 29.6 Å². The number of hydrogen-bond acceptors (Lipinski definition) is 4. The third-order valence-corrected chi connectivity index (χ3v) is 10.8. The van der Waals surface area contributed by atoms with Crippen LogP contribution in [0.5, 0.6) is 0 Å². The summed E-state index contributed by atoms with van der Waals surface area (Å²) < 4.78 is 16.6. The number of benzene rings is 1. The summed E-state index contributed by atoms with van der Waals surface area (Å²) in [6, 6.07) is 6.78. The number of nitrogens with zero attached hydrogens (tertiary/aromatic N) is 4. The minimum Gasteiger partial charge on any atom is -0.480 e. The van der Waals surface area contributed by atoms with E-state index in [1.54, 1.807) is 6.07 Å². The number of hydrogen-bond donors (Lipinski definition) is 1. The maximum atomic E-state index is 14.3. The van der Waals surface area contributed by atoms with Crippen LogP contribution in [0.15, 0.2) is 24.3 Å². The number of carboxylic acids is 1. The van der Waals surface area contributed by atoms with Gasteiger partial charge in [0, 0.05) is 30.2 Å². The third-order valence-electron chi connectivity index (χ3n) is 10.8. The molecular formula is C33H52Cl3FN4O2. The number of likely N-dealkylation sites (N-methyl/N-ethyl adjacent to an activating group) is 1. The highest BCUT2D eigenvalue weighted by molar-refractivity contribution is 5.86. The Morgan fingerprint density at radius 2 is 1.84 bits per heavy atom. The number of likely N-dealkylation sites (tertiary alicyclic amines) is 1. The van der Waals surface area contributed by atoms with Gasteiger partial charge >= 0.3 is 5.97 Å². The normalized spacial score (nSPS) is 24.1. The van der Waals surface area contributed by atoms with Crippen LogP contribution in [0.3, 0.4) is 0 Å². The fraction of sp³-hybridized carbons (Fsp3) is 0.697. The van der Waals surface area contributed by atoms with E-state index in [4.69, 9.17) is 5.10 Å². The Morgan fingerprint density at radius 1 is 1.14 bits per heavy atom. The Morgan fingerprint density at radius 3 is 2.42 bits per heavy atom. The number of aryl methyl sites for hydroxylation is 2. The number of carbonyl (C=O) groups is 1. The minimum atomic E-state index is -0.739.